The van der Waals surface area contributed by atoms with Crippen LogP contribution in [0.4, 0.5) is 4.39 Å². The van der Waals surface area contributed by atoms with Crippen molar-refractivity contribution in [3.8, 4) is 5.75 Å². The van der Waals surface area contributed by atoms with Crippen LogP contribution in [-0.2, 0) is 4.79 Å². The molecule has 0 aromatic heterocycles. The zero-order valence-corrected chi connectivity index (χ0v) is 21.7. The van der Waals surface area contributed by atoms with Gasteiger partial charge in [-0.2, -0.15) is 0 Å². The number of piperazine rings is 1. The minimum absolute atomic E-state index is 0. The molecular formula is C23H37FIN5O2. The molecule has 180 valence electrons. The number of nitrogens with zero attached hydrogens (tertiary/aromatic N) is 3. The Morgan fingerprint density at radius 3 is 2.59 bits per heavy atom. The van der Waals surface area contributed by atoms with Gasteiger partial charge in [0.25, 0.3) is 0 Å². The normalized spacial score (nSPS) is 18.0. The maximum absolute atomic E-state index is 14.4. The number of halogens is 2. The molecule has 0 radical (unpaired) electrons. The Balaban J connectivity index is 0.00000363. The van der Waals surface area contributed by atoms with Crippen LogP contribution in [0, 0.1) is 11.7 Å². The lowest BCUT2D eigenvalue weighted by atomic mass is 10.1. The molecule has 1 saturated carbocycles. The third kappa shape index (κ3) is 8.38. The van der Waals surface area contributed by atoms with E-state index in [1.165, 1.54) is 18.9 Å². The summed E-state index contributed by atoms with van der Waals surface area (Å²) in [5, 5.41) is 6.62. The van der Waals surface area contributed by atoms with Crippen LogP contribution < -0.4 is 15.4 Å². The number of ether oxygens (including phenoxy) is 1. The SMILES string of the molecule is CCNC(=NCCN1CCN(C(C)=O)CC1)NC(C)c1ccc(OCC2CC2)c(F)c1.I. The van der Waals surface area contributed by atoms with Gasteiger partial charge in [-0.1, -0.05) is 6.07 Å². The first-order valence-electron chi connectivity index (χ1n) is 11.4. The second kappa shape index (κ2) is 13.2. The number of benzene rings is 1. The maximum Gasteiger partial charge on any atom is 0.219 e. The van der Waals surface area contributed by atoms with Crippen molar-refractivity contribution in [2.24, 2.45) is 10.9 Å². The number of nitrogens with one attached hydrogen (secondary N) is 2. The fraction of sp³-hybridized carbons (Fsp3) is 0.652. The quantitative estimate of drug-likeness (QED) is 0.276. The van der Waals surface area contributed by atoms with Gasteiger partial charge in [0, 0.05) is 46.2 Å². The standard InChI is InChI=1S/C23H36FN5O2.HI/c1-4-25-23(26-9-10-28-11-13-29(14-12-28)18(3)30)27-17(2)20-7-8-22(21(24)15-20)31-16-19-5-6-19;/h7-8,15,17,19H,4-6,9-14,16H2,1-3H3,(H2,25,26,27);1H. The van der Waals surface area contributed by atoms with Crippen LogP contribution in [0.1, 0.15) is 45.2 Å². The Kier molecular flexibility index (Phi) is 11.0. The zero-order valence-electron chi connectivity index (χ0n) is 19.4. The molecule has 0 bridgehead atoms. The van der Waals surface area contributed by atoms with E-state index in [2.05, 4.69) is 20.5 Å². The largest absolute Gasteiger partial charge is 0.490 e. The van der Waals surface area contributed by atoms with Crippen molar-refractivity contribution in [2.45, 2.75) is 39.7 Å². The van der Waals surface area contributed by atoms with E-state index >= 15 is 0 Å². The molecule has 1 unspecified atom stereocenters. The second-order valence-electron chi connectivity index (χ2n) is 8.42. The highest BCUT2D eigenvalue weighted by Gasteiger charge is 2.23. The summed E-state index contributed by atoms with van der Waals surface area (Å²) in [6.07, 6.45) is 2.36. The Morgan fingerprint density at radius 1 is 1.28 bits per heavy atom. The van der Waals surface area contributed by atoms with Gasteiger partial charge in [-0.3, -0.25) is 14.7 Å². The van der Waals surface area contributed by atoms with Crippen molar-refractivity contribution >= 4 is 35.8 Å². The highest BCUT2D eigenvalue weighted by atomic mass is 127. The first-order valence-corrected chi connectivity index (χ1v) is 11.4. The number of carbonyl (C=O) groups excluding carboxylic acids is 1. The van der Waals surface area contributed by atoms with Crippen LogP contribution in [0.5, 0.6) is 5.75 Å². The van der Waals surface area contributed by atoms with Crippen LogP contribution in [0.2, 0.25) is 0 Å². The van der Waals surface area contributed by atoms with Crippen LogP contribution in [0.15, 0.2) is 23.2 Å². The summed E-state index contributed by atoms with van der Waals surface area (Å²) >= 11 is 0. The van der Waals surface area contributed by atoms with Crippen LogP contribution in [0.3, 0.4) is 0 Å². The number of carbonyl (C=O) groups is 1. The van der Waals surface area contributed by atoms with E-state index in [0.717, 1.165) is 44.8 Å². The lowest BCUT2D eigenvalue weighted by molar-refractivity contribution is -0.130. The van der Waals surface area contributed by atoms with Crippen molar-refractivity contribution < 1.29 is 13.9 Å². The van der Waals surface area contributed by atoms with E-state index in [1.807, 2.05) is 24.8 Å². The summed E-state index contributed by atoms with van der Waals surface area (Å²) in [6.45, 7) is 11.8. The van der Waals surface area contributed by atoms with Gasteiger partial charge in [0.1, 0.15) is 0 Å². The van der Waals surface area contributed by atoms with Crippen molar-refractivity contribution in [2.75, 3.05) is 52.4 Å². The number of hydrogen-bond donors (Lipinski definition) is 2. The molecule has 1 aliphatic heterocycles. The lowest BCUT2D eigenvalue weighted by Gasteiger charge is -2.33. The summed E-state index contributed by atoms with van der Waals surface area (Å²) in [7, 11) is 0. The van der Waals surface area contributed by atoms with Gasteiger partial charge in [0.15, 0.2) is 17.5 Å². The molecular weight excluding hydrogens is 524 g/mol. The average molecular weight is 561 g/mol. The van der Waals surface area contributed by atoms with E-state index in [1.54, 1.807) is 13.0 Å². The lowest BCUT2D eigenvalue weighted by Crippen LogP contribution is -2.48. The number of guanidine groups is 1. The number of amides is 1. The molecule has 2 fully saturated rings. The summed E-state index contributed by atoms with van der Waals surface area (Å²) < 4.78 is 20.0. The smallest absolute Gasteiger partial charge is 0.219 e. The zero-order chi connectivity index (χ0) is 22.2. The molecule has 3 rings (SSSR count). The average Bonchev–Trinajstić information content (AvgIpc) is 3.58. The number of hydrogen-bond acceptors (Lipinski definition) is 4. The first kappa shape index (κ1) is 26.6. The van der Waals surface area contributed by atoms with Crippen molar-refractivity contribution in [1.82, 2.24) is 20.4 Å². The Hall–Kier alpha value is -1.62. The predicted octanol–water partition coefficient (Wildman–Crippen LogP) is 3.01. The van der Waals surface area contributed by atoms with E-state index < -0.39 is 0 Å². The molecule has 1 aromatic carbocycles. The number of aliphatic imine (C=N–C) groups is 1. The molecule has 32 heavy (non-hydrogen) atoms. The maximum atomic E-state index is 14.4. The Labute approximate surface area is 208 Å². The predicted molar refractivity (Wildman–Crippen MR) is 136 cm³/mol. The van der Waals surface area contributed by atoms with Gasteiger partial charge in [-0.05, 0) is 50.3 Å². The Bertz CT molecular complexity index is 767. The highest BCUT2D eigenvalue weighted by molar-refractivity contribution is 14.0. The fourth-order valence-corrected chi connectivity index (χ4v) is 3.59. The third-order valence-corrected chi connectivity index (χ3v) is 5.83. The minimum atomic E-state index is -0.321. The summed E-state index contributed by atoms with van der Waals surface area (Å²) in [5.74, 6) is 1.46. The van der Waals surface area contributed by atoms with E-state index in [-0.39, 0.29) is 41.7 Å². The van der Waals surface area contributed by atoms with Crippen molar-refractivity contribution in [3.63, 3.8) is 0 Å². The summed E-state index contributed by atoms with van der Waals surface area (Å²) in [6, 6.07) is 5.07. The molecule has 1 aromatic rings. The van der Waals surface area contributed by atoms with Gasteiger partial charge in [0.2, 0.25) is 5.91 Å². The molecule has 0 spiro atoms. The molecule has 1 aliphatic carbocycles. The van der Waals surface area contributed by atoms with E-state index in [9.17, 15) is 9.18 Å². The molecule has 1 atom stereocenters. The molecule has 7 nitrogen and oxygen atoms in total. The molecule has 1 amide bonds. The van der Waals surface area contributed by atoms with Crippen LogP contribution in [-0.4, -0.2) is 74.1 Å². The number of rotatable bonds is 9. The van der Waals surface area contributed by atoms with Gasteiger partial charge in [-0.15, -0.1) is 24.0 Å². The van der Waals surface area contributed by atoms with E-state index in [4.69, 9.17) is 4.74 Å². The van der Waals surface area contributed by atoms with Crippen LogP contribution >= 0.6 is 24.0 Å². The molecule has 9 heteroatoms. The van der Waals surface area contributed by atoms with Crippen molar-refractivity contribution in [1.29, 1.82) is 0 Å². The van der Waals surface area contributed by atoms with Gasteiger partial charge >= 0.3 is 0 Å². The Morgan fingerprint density at radius 2 is 2.00 bits per heavy atom. The van der Waals surface area contributed by atoms with Gasteiger partial charge < -0.3 is 20.3 Å². The summed E-state index contributed by atoms with van der Waals surface area (Å²) in [4.78, 5) is 20.3. The van der Waals surface area contributed by atoms with Crippen LogP contribution in [0.25, 0.3) is 0 Å². The molecule has 1 saturated heterocycles. The fourth-order valence-electron chi connectivity index (χ4n) is 3.59. The van der Waals surface area contributed by atoms with E-state index in [0.29, 0.717) is 30.8 Å². The minimum Gasteiger partial charge on any atom is -0.490 e. The first-order chi connectivity index (χ1) is 15.0. The van der Waals surface area contributed by atoms with Gasteiger partial charge in [0.05, 0.1) is 19.2 Å². The van der Waals surface area contributed by atoms with Crippen molar-refractivity contribution in [3.05, 3.63) is 29.6 Å². The monoisotopic (exact) mass is 561 g/mol. The molecule has 2 N–H and O–H groups in total. The molecule has 1 heterocycles. The third-order valence-electron chi connectivity index (χ3n) is 5.83. The summed E-state index contributed by atoms with van der Waals surface area (Å²) in [5.41, 5.74) is 0.849. The molecule has 2 aliphatic rings. The van der Waals surface area contributed by atoms with Gasteiger partial charge in [-0.25, -0.2) is 4.39 Å². The second-order valence-corrected chi connectivity index (χ2v) is 8.42. The topological polar surface area (TPSA) is 69.2 Å². The highest BCUT2D eigenvalue weighted by Crippen LogP contribution is 2.30.